The zero-order valence-electron chi connectivity index (χ0n) is 13.9. The molecule has 116 valence electrons. The van der Waals surface area contributed by atoms with E-state index in [9.17, 15) is 0 Å². The average molecular weight is 279 g/mol. The number of hydrogen-bond donors (Lipinski definition) is 2. The first kappa shape index (κ1) is 19.1. The maximum atomic E-state index is 5.49. The minimum Gasteiger partial charge on any atom is -0.326 e. The van der Waals surface area contributed by atoms with Crippen LogP contribution >= 0.6 is 0 Å². The van der Waals surface area contributed by atoms with Gasteiger partial charge < -0.3 is 16.0 Å². The summed E-state index contributed by atoms with van der Waals surface area (Å²) in [6.07, 6.45) is 2.70. The van der Waals surface area contributed by atoms with Crippen molar-refractivity contribution >= 4 is 0 Å². The Balaban J connectivity index is 0.000000370. The lowest BCUT2D eigenvalue weighted by molar-refractivity contribution is 0.378. The lowest BCUT2D eigenvalue weighted by Gasteiger charge is -2.09. The summed E-state index contributed by atoms with van der Waals surface area (Å²) in [6.45, 7) is 7.31. The van der Waals surface area contributed by atoms with Gasteiger partial charge in [0, 0.05) is 13.1 Å². The van der Waals surface area contributed by atoms with Crippen LogP contribution in [0.4, 0.5) is 0 Å². The quantitative estimate of drug-likeness (QED) is 0.806. The van der Waals surface area contributed by atoms with Gasteiger partial charge >= 0.3 is 0 Å². The van der Waals surface area contributed by atoms with Crippen molar-refractivity contribution in [3.8, 4) is 0 Å². The van der Waals surface area contributed by atoms with Crippen molar-refractivity contribution < 1.29 is 0 Å². The highest BCUT2D eigenvalue weighted by Gasteiger charge is 1.94. The Labute approximate surface area is 125 Å². The molecule has 0 saturated heterocycles. The molecule has 3 N–H and O–H groups in total. The molecule has 3 nitrogen and oxygen atoms in total. The molecule has 1 aromatic carbocycles. The van der Waals surface area contributed by atoms with Gasteiger partial charge in [-0.3, -0.25) is 0 Å². The van der Waals surface area contributed by atoms with Crippen LogP contribution in [0, 0.1) is 5.92 Å². The summed E-state index contributed by atoms with van der Waals surface area (Å²) in [4.78, 5) is 2.24. The Kier molecular flexibility index (Phi) is 11.4. The summed E-state index contributed by atoms with van der Waals surface area (Å²) in [5, 5.41) is 3.09. The fraction of sp³-hybridized carbons (Fsp3) is 0.647. The standard InChI is InChI=1S/C9H14N2.C8H19N/c1-11-7-9-4-2-3-8(5-9)6-10;1-8(2)6-5-7-9(3)4/h2-5,11H,6-7,10H2,1H3;8H,5-7H2,1-4H3. The molecule has 0 saturated carbocycles. The molecular weight excluding hydrogens is 246 g/mol. The molecule has 0 aromatic heterocycles. The third-order valence-corrected chi connectivity index (χ3v) is 2.99. The van der Waals surface area contributed by atoms with Crippen LogP contribution in [0.1, 0.15) is 37.8 Å². The van der Waals surface area contributed by atoms with Crippen LogP contribution in [0.5, 0.6) is 0 Å². The first-order valence-corrected chi connectivity index (χ1v) is 7.56. The van der Waals surface area contributed by atoms with Gasteiger partial charge in [0.25, 0.3) is 0 Å². The summed E-state index contributed by atoms with van der Waals surface area (Å²) >= 11 is 0. The molecule has 0 radical (unpaired) electrons. The second-order valence-corrected chi connectivity index (χ2v) is 5.89. The number of rotatable bonds is 7. The van der Waals surface area contributed by atoms with Crippen LogP contribution in [0.2, 0.25) is 0 Å². The van der Waals surface area contributed by atoms with Crippen LogP contribution in [0.25, 0.3) is 0 Å². The summed E-state index contributed by atoms with van der Waals surface area (Å²) < 4.78 is 0. The molecule has 0 aliphatic rings. The molecule has 0 aliphatic heterocycles. The van der Waals surface area contributed by atoms with E-state index < -0.39 is 0 Å². The number of hydrogen-bond acceptors (Lipinski definition) is 3. The summed E-state index contributed by atoms with van der Waals surface area (Å²) in [7, 11) is 6.19. The van der Waals surface area contributed by atoms with E-state index in [0.717, 1.165) is 12.5 Å². The average Bonchev–Trinajstić information content (AvgIpc) is 2.39. The molecule has 0 aliphatic carbocycles. The maximum absolute atomic E-state index is 5.49. The van der Waals surface area contributed by atoms with E-state index in [2.05, 4.69) is 50.3 Å². The lowest BCUT2D eigenvalue weighted by Crippen LogP contribution is -2.13. The van der Waals surface area contributed by atoms with E-state index in [1.165, 1.54) is 30.5 Å². The van der Waals surface area contributed by atoms with Crippen molar-refractivity contribution in [3.63, 3.8) is 0 Å². The molecule has 0 spiro atoms. The SMILES string of the molecule is CC(C)CCCN(C)C.CNCc1cccc(CN)c1. The van der Waals surface area contributed by atoms with E-state index >= 15 is 0 Å². The highest BCUT2D eigenvalue weighted by Crippen LogP contribution is 2.03. The molecular formula is C17H33N3. The fourth-order valence-electron chi connectivity index (χ4n) is 1.89. The monoisotopic (exact) mass is 279 g/mol. The van der Waals surface area contributed by atoms with E-state index in [4.69, 9.17) is 5.73 Å². The van der Waals surface area contributed by atoms with Crippen molar-refractivity contribution in [1.82, 2.24) is 10.2 Å². The Bertz CT molecular complexity index is 327. The van der Waals surface area contributed by atoms with Crippen LogP contribution in [0.15, 0.2) is 24.3 Å². The fourth-order valence-corrected chi connectivity index (χ4v) is 1.89. The molecule has 3 heteroatoms. The Morgan fingerprint density at radius 2 is 1.85 bits per heavy atom. The van der Waals surface area contributed by atoms with Gasteiger partial charge in [-0.05, 0) is 57.6 Å². The first-order chi connectivity index (χ1) is 9.49. The summed E-state index contributed by atoms with van der Waals surface area (Å²) in [6, 6.07) is 8.29. The molecule has 0 atom stereocenters. The molecule has 0 bridgehead atoms. The Hall–Kier alpha value is -0.900. The van der Waals surface area contributed by atoms with Gasteiger partial charge in [-0.15, -0.1) is 0 Å². The van der Waals surface area contributed by atoms with E-state index in [0.29, 0.717) is 6.54 Å². The van der Waals surface area contributed by atoms with Crippen LogP contribution < -0.4 is 11.1 Å². The lowest BCUT2D eigenvalue weighted by atomic mass is 10.1. The van der Waals surface area contributed by atoms with Crippen LogP contribution in [-0.2, 0) is 13.1 Å². The van der Waals surface area contributed by atoms with Crippen molar-refractivity contribution in [2.75, 3.05) is 27.7 Å². The smallest absolute Gasteiger partial charge is 0.0202 e. The molecule has 1 aromatic rings. The van der Waals surface area contributed by atoms with Crippen molar-refractivity contribution in [3.05, 3.63) is 35.4 Å². The number of nitrogens with zero attached hydrogens (tertiary/aromatic N) is 1. The second kappa shape index (κ2) is 11.9. The predicted molar refractivity (Wildman–Crippen MR) is 89.7 cm³/mol. The minimum absolute atomic E-state index is 0.623. The zero-order chi connectivity index (χ0) is 15.4. The van der Waals surface area contributed by atoms with E-state index in [-0.39, 0.29) is 0 Å². The molecule has 0 heterocycles. The van der Waals surface area contributed by atoms with Crippen molar-refractivity contribution in [1.29, 1.82) is 0 Å². The molecule has 20 heavy (non-hydrogen) atoms. The number of nitrogens with one attached hydrogen (secondary N) is 1. The Morgan fingerprint density at radius 3 is 2.35 bits per heavy atom. The molecule has 0 fully saturated rings. The van der Waals surface area contributed by atoms with Gasteiger partial charge in [0.1, 0.15) is 0 Å². The highest BCUT2D eigenvalue weighted by molar-refractivity contribution is 5.22. The van der Waals surface area contributed by atoms with Crippen molar-refractivity contribution in [2.24, 2.45) is 11.7 Å². The normalized spacial score (nSPS) is 10.6. The van der Waals surface area contributed by atoms with E-state index in [1.54, 1.807) is 0 Å². The third kappa shape index (κ3) is 11.0. The molecule has 1 rings (SSSR count). The van der Waals surface area contributed by atoms with Crippen molar-refractivity contribution in [2.45, 2.75) is 39.8 Å². The number of nitrogens with two attached hydrogens (primary N) is 1. The Morgan fingerprint density at radius 1 is 1.20 bits per heavy atom. The van der Waals surface area contributed by atoms with Crippen LogP contribution in [-0.4, -0.2) is 32.6 Å². The zero-order valence-corrected chi connectivity index (χ0v) is 13.9. The van der Waals surface area contributed by atoms with Gasteiger partial charge in [0.05, 0.1) is 0 Å². The van der Waals surface area contributed by atoms with Gasteiger partial charge in [-0.1, -0.05) is 38.1 Å². The van der Waals surface area contributed by atoms with Gasteiger partial charge in [-0.25, -0.2) is 0 Å². The molecule has 0 unspecified atom stereocenters. The second-order valence-electron chi connectivity index (χ2n) is 5.89. The predicted octanol–water partition coefficient (Wildman–Crippen LogP) is 2.85. The highest BCUT2D eigenvalue weighted by atomic mass is 15.0. The third-order valence-electron chi connectivity index (χ3n) is 2.99. The summed E-state index contributed by atoms with van der Waals surface area (Å²) in [5.41, 5.74) is 7.97. The summed E-state index contributed by atoms with van der Waals surface area (Å²) in [5.74, 6) is 0.866. The number of benzene rings is 1. The van der Waals surface area contributed by atoms with Gasteiger partial charge in [0.2, 0.25) is 0 Å². The van der Waals surface area contributed by atoms with E-state index in [1.807, 2.05) is 19.2 Å². The minimum atomic E-state index is 0.623. The van der Waals surface area contributed by atoms with Crippen LogP contribution in [0.3, 0.4) is 0 Å². The van der Waals surface area contributed by atoms with Gasteiger partial charge in [0.15, 0.2) is 0 Å². The topological polar surface area (TPSA) is 41.3 Å². The largest absolute Gasteiger partial charge is 0.326 e. The van der Waals surface area contributed by atoms with Gasteiger partial charge in [-0.2, -0.15) is 0 Å². The molecule has 0 amide bonds. The maximum Gasteiger partial charge on any atom is 0.0202 e. The first-order valence-electron chi connectivity index (χ1n) is 7.56.